The highest BCUT2D eigenvalue weighted by Gasteiger charge is 2.32. The Balaban J connectivity index is 2.11. The summed E-state index contributed by atoms with van der Waals surface area (Å²) in [6.07, 6.45) is 2.26. The Labute approximate surface area is 130 Å². The number of rotatable bonds is 4. The predicted octanol–water partition coefficient (Wildman–Crippen LogP) is -0.448. The van der Waals surface area contributed by atoms with Gasteiger partial charge in [-0.25, -0.2) is 0 Å². The number of likely N-dealkylation sites (N-methyl/N-ethyl adjacent to an activating group) is 1. The predicted molar refractivity (Wildman–Crippen MR) is 73.2 cm³/mol. The molecule has 1 aliphatic heterocycles. The number of piperidine rings is 1. The van der Waals surface area contributed by atoms with Gasteiger partial charge in [-0.1, -0.05) is 3.89 Å². The second-order valence-electron chi connectivity index (χ2n) is 4.74. The molecular formula is C12H12FN3O6S. The van der Waals surface area contributed by atoms with Crippen molar-refractivity contribution in [3.05, 3.63) is 24.0 Å². The molecule has 1 saturated heterocycles. The van der Waals surface area contributed by atoms with Crippen LogP contribution in [-0.4, -0.2) is 49.1 Å². The summed E-state index contributed by atoms with van der Waals surface area (Å²) in [5.74, 6) is -2.12. The van der Waals surface area contributed by atoms with E-state index in [1.807, 2.05) is 0 Å². The number of halogens is 1. The minimum absolute atomic E-state index is 0.106. The summed E-state index contributed by atoms with van der Waals surface area (Å²) >= 11 is 0. The molecule has 0 spiro atoms. The molecule has 1 aromatic heterocycles. The van der Waals surface area contributed by atoms with Gasteiger partial charge in [-0.2, -0.15) is 8.42 Å². The lowest BCUT2D eigenvalue weighted by atomic mass is 10.0. The number of nitrogens with zero attached hydrogens (tertiary/aromatic N) is 2. The van der Waals surface area contributed by atoms with E-state index < -0.39 is 34.1 Å². The van der Waals surface area contributed by atoms with Crippen molar-refractivity contribution in [1.82, 2.24) is 15.2 Å². The second kappa shape index (κ2) is 6.28. The van der Waals surface area contributed by atoms with Crippen LogP contribution in [0.15, 0.2) is 18.5 Å². The van der Waals surface area contributed by atoms with Gasteiger partial charge < -0.3 is 9.50 Å². The molecule has 1 unspecified atom stereocenters. The van der Waals surface area contributed by atoms with E-state index in [4.69, 9.17) is 0 Å². The van der Waals surface area contributed by atoms with E-state index in [0.29, 0.717) is 0 Å². The third kappa shape index (κ3) is 4.22. The van der Waals surface area contributed by atoms with Gasteiger partial charge in [0.15, 0.2) is 5.75 Å². The molecule has 3 amide bonds. The highest BCUT2D eigenvalue weighted by Crippen LogP contribution is 2.16. The zero-order valence-electron chi connectivity index (χ0n) is 11.9. The highest BCUT2D eigenvalue weighted by molar-refractivity contribution is 7.81. The molecule has 2 rings (SSSR count). The Morgan fingerprint density at radius 1 is 1.43 bits per heavy atom. The lowest BCUT2D eigenvalue weighted by Gasteiger charge is -2.28. The topological polar surface area (TPSA) is 123 Å². The van der Waals surface area contributed by atoms with Crippen LogP contribution in [-0.2, 0) is 20.1 Å². The van der Waals surface area contributed by atoms with Gasteiger partial charge in [-0.3, -0.25) is 24.3 Å². The van der Waals surface area contributed by atoms with Crippen LogP contribution in [0.1, 0.15) is 23.2 Å². The van der Waals surface area contributed by atoms with Crippen molar-refractivity contribution in [3.63, 3.8) is 0 Å². The van der Waals surface area contributed by atoms with Crippen molar-refractivity contribution in [3.8, 4) is 5.75 Å². The first-order chi connectivity index (χ1) is 10.7. The summed E-state index contributed by atoms with van der Waals surface area (Å²) < 4.78 is 37.2. The molecule has 0 bridgehead atoms. The molecule has 1 fully saturated rings. The largest absolute Gasteiger partial charge is 0.488 e. The third-order valence-electron chi connectivity index (χ3n) is 3.13. The summed E-state index contributed by atoms with van der Waals surface area (Å²) in [6, 6.07) is 0.0708. The zero-order valence-corrected chi connectivity index (χ0v) is 12.7. The van der Waals surface area contributed by atoms with Gasteiger partial charge in [-0.05, 0) is 12.5 Å². The fourth-order valence-electron chi connectivity index (χ4n) is 1.99. The van der Waals surface area contributed by atoms with Crippen LogP contribution in [0.2, 0.25) is 0 Å². The van der Waals surface area contributed by atoms with Crippen molar-refractivity contribution < 1.29 is 30.9 Å². The van der Waals surface area contributed by atoms with Gasteiger partial charge >= 0.3 is 10.5 Å². The van der Waals surface area contributed by atoms with Gasteiger partial charge in [-0.15, -0.1) is 0 Å². The number of nitrogens with one attached hydrogen (secondary N) is 1. The van der Waals surface area contributed by atoms with E-state index in [1.165, 1.54) is 7.05 Å². The SMILES string of the molecule is CN1C(=O)CCC(NC(=O)c2cncc(OS(=O)(=O)F)c2)C1=O. The number of hydrogen-bond donors (Lipinski definition) is 1. The number of likely N-dealkylation sites (tertiary alicyclic amines) is 1. The lowest BCUT2D eigenvalue weighted by molar-refractivity contribution is -0.147. The van der Waals surface area contributed by atoms with Gasteiger partial charge in [0.05, 0.1) is 11.8 Å². The number of aromatic nitrogens is 1. The first kappa shape index (κ1) is 16.8. The minimum Gasteiger partial charge on any atom is -0.357 e. The summed E-state index contributed by atoms with van der Waals surface area (Å²) in [4.78, 5) is 39.8. The summed E-state index contributed by atoms with van der Waals surface area (Å²) in [6.45, 7) is 0. The lowest BCUT2D eigenvalue weighted by Crippen LogP contribution is -2.52. The van der Waals surface area contributed by atoms with E-state index in [-0.39, 0.29) is 24.3 Å². The molecule has 0 aliphatic carbocycles. The molecule has 2 heterocycles. The molecule has 1 N–H and O–H groups in total. The Bertz CT molecular complexity index is 766. The fourth-order valence-corrected chi connectivity index (χ4v) is 2.32. The van der Waals surface area contributed by atoms with E-state index in [2.05, 4.69) is 14.5 Å². The van der Waals surface area contributed by atoms with Gasteiger partial charge in [0, 0.05) is 19.7 Å². The molecule has 124 valence electrons. The number of imide groups is 1. The number of carbonyl (C=O) groups is 3. The molecule has 1 aromatic rings. The van der Waals surface area contributed by atoms with Crippen molar-refractivity contribution in [1.29, 1.82) is 0 Å². The first-order valence-electron chi connectivity index (χ1n) is 6.38. The molecule has 1 aliphatic rings. The normalized spacial score (nSPS) is 18.7. The molecule has 23 heavy (non-hydrogen) atoms. The summed E-state index contributed by atoms with van der Waals surface area (Å²) in [7, 11) is -3.93. The Morgan fingerprint density at radius 2 is 2.13 bits per heavy atom. The molecule has 0 saturated carbocycles. The smallest absolute Gasteiger partial charge is 0.357 e. The van der Waals surface area contributed by atoms with Crippen molar-refractivity contribution in [2.24, 2.45) is 0 Å². The number of pyridine rings is 1. The average molecular weight is 345 g/mol. The maximum Gasteiger partial charge on any atom is 0.488 e. The zero-order chi connectivity index (χ0) is 17.2. The summed E-state index contributed by atoms with van der Waals surface area (Å²) in [5, 5.41) is 2.40. The monoisotopic (exact) mass is 345 g/mol. The van der Waals surface area contributed by atoms with Crippen molar-refractivity contribution in [2.75, 3.05) is 7.05 Å². The number of hydrogen-bond acceptors (Lipinski definition) is 7. The molecule has 0 radical (unpaired) electrons. The van der Waals surface area contributed by atoms with Gasteiger partial charge in [0.25, 0.3) is 11.8 Å². The maximum atomic E-state index is 12.5. The Morgan fingerprint density at radius 3 is 2.78 bits per heavy atom. The number of carbonyl (C=O) groups excluding carboxylic acids is 3. The Kier molecular flexibility index (Phi) is 4.59. The second-order valence-corrected chi connectivity index (χ2v) is 5.69. The highest BCUT2D eigenvalue weighted by atomic mass is 32.3. The first-order valence-corrected chi connectivity index (χ1v) is 7.68. The van der Waals surface area contributed by atoms with Crippen LogP contribution in [0.25, 0.3) is 0 Å². The molecule has 9 nitrogen and oxygen atoms in total. The Hall–Kier alpha value is -2.56. The van der Waals surface area contributed by atoms with Crippen LogP contribution < -0.4 is 9.50 Å². The van der Waals surface area contributed by atoms with Crippen molar-refractivity contribution in [2.45, 2.75) is 18.9 Å². The summed E-state index contributed by atoms with van der Waals surface area (Å²) in [5.41, 5.74) is -0.126. The molecule has 0 aromatic carbocycles. The quantitative estimate of drug-likeness (QED) is 0.579. The molecule has 1 atom stereocenters. The fraction of sp³-hybridized carbons (Fsp3) is 0.333. The minimum atomic E-state index is -5.24. The van der Waals surface area contributed by atoms with Crippen LogP contribution in [0.4, 0.5) is 3.89 Å². The van der Waals surface area contributed by atoms with E-state index in [0.717, 1.165) is 23.4 Å². The third-order valence-corrected chi connectivity index (χ3v) is 3.52. The van der Waals surface area contributed by atoms with Crippen molar-refractivity contribution >= 4 is 28.2 Å². The molecular weight excluding hydrogens is 333 g/mol. The van der Waals surface area contributed by atoms with Crippen LogP contribution in [0.3, 0.4) is 0 Å². The maximum absolute atomic E-state index is 12.5. The number of amides is 3. The van der Waals surface area contributed by atoms with Crippen LogP contribution >= 0.6 is 0 Å². The van der Waals surface area contributed by atoms with E-state index in [9.17, 15) is 26.7 Å². The van der Waals surface area contributed by atoms with Gasteiger partial charge in [0.2, 0.25) is 5.91 Å². The van der Waals surface area contributed by atoms with E-state index in [1.54, 1.807) is 0 Å². The molecule has 11 heteroatoms. The van der Waals surface area contributed by atoms with Crippen LogP contribution in [0, 0.1) is 0 Å². The van der Waals surface area contributed by atoms with Crippen LogP contribution in [0.5, 0.6) is 5.75 Å². The van der Waals surface area contributed by atoms with Gasteiger partial charge in [0.1, 0.15) is 6.04 Å². The average Bonchev–Trinajstić information content (AvgIpc) is 2.46. The van der Waals surface area contributed by atoms with E-state index >= 15 is 0 Å². The standard InChI is InChI=1S/C12H12FN3O6S/c1-16-10(17)3-2-9(12(16)19)15-11(18)7-4-8(6-14-5-7)22-23(13,20)21/h4-6,9H,2-3H2,1H3,(H,15,18).